The lowest BCUT2D eigenvalue weighted by Gasteiger charge is -2.25. The van der Waals surface area contributed by atoms with Crippen molar-refractivity contribution in [2.24, 2.45) is 0 Å². The van der Waals surface area contributed by atoms with Crippen LogP contribution in [0.5, 0.6) is 11.5 Å². The Hall–Kier alpha value is -3.59. The summed E-state index contributed by atoms with van der Waals surface area (Å²) in [5, 5.41) is 11.3. The van der Waals surface area contributed by atoms with E-state index in [0.29, 0.717) is 17.1 Å². The zero-order valence-corrected chi connectivity index (χ0v) is 18.8. The molecule has 0 aliphatic carbocycles. The molecule has 9 nitrogen and oxygen atoms in total. The van der Waals surface area contributed by atoms with E-state index in [4.69, 9.17) is 14.7 Å². The first-order chi connectivity index (χ1) is 15.0. The molecule has 9 heteroatoms. The minimum absolute atomic E-state index is 0.247. The molecule has 3 amide bonds. The number of benzene rings is 2. The van der Waals surface area contributed by atoms with E-state index in [0.717, 1.165) is 5.56 Å². The largest absolute Gasteiger partial charge is 0.457 e. The number of rotatable bonds is 7. The van der Waals surface area contributed by atoms with Crippen LogP contribution in [0.4, 0.5) is 4.79 Å². The van der Waals surface area contributed by atoms with Crippen molar-refractivity contribution in [3.63, 3.8) is 0 Å². The number of alkyl carbamates (subject to hydrolysis) is 1. The first-order valence-electron chi connectivity index (χ1n) is 10.0. The summed E-state index contributed by atoms with van der Waals surface area (Å²) in [6.45, 7) is 5.26. The van der Waals surface area contributed by atoms with Gasteiger partial charge in [-0.05, 0) is 62.7 Å². The molecule has 0 bridgehead atoms. The van der Waals surface area contributed by atoms with Gasteiger partial charge in [-0.1, -0.05) is 12.1 Å². The van der Waals surface area contributed by atoms with E-state index in [1.807, 2.05) is 0 Å². The van der Waals surface area contributed by atoms with Crippen LogP contribution in [0.3, 0.4) is 0 Å². The summed E-state index contributed by atoms with van der Waals surface area (Å²) in [7, 11) is 3.25. The van der Waals surface area contributed by atoms with Crippen LogP contribution in [0, 0.1) is 0 Å². The molecule has 0 spiro atoms. The van der Waals surface area contributed by atoms with Gasteiger partial charge in [0, 0.05) is 26.1 Å². The van der Waals surface area contributed by atoms with E-state index in [2.05, 4.69) is 5.32 Å². The molecule has 2 rings (SSSR count). The molecular formula is C23H29N3O6. The molecule has 32 heavy (non-hydrogen) atoms. The average molecular weight is 444 g/mol. The maximum Gasteiger partial charge on any atom is 0.408 e. The van der Waals surface area contributed by atoms with E-state index in [-0.39, 0.29) is 12.3 Å². The molecule has 0 unspecified atom stereocenters. The van der Waals surface area contributed by atoms with Gasteiger partial charge in [-0.3, -0.25) is 14.8 Å². The normalized spacial score (nSPS) is 11.8. The number of carbonyl (C=O) groups excluding carboxylic acids is 3. The van der Waals surface area contributed by atoms with E-state index < -0.39 is 23.6 Å². The van der Waals surface area contributed by atoms with Gasteiger partial charge in [0.2, 0.25) is 5.91 Å². The van der Waals surface area contributed by atoms with Crippen molar-refractivity contribution in [1.82, 2.24) is 15.7 Å². The number of nitrogens with zero attached hydrogens (tertiary/aromatic N) is 1. The second-order valence-corrected chi connectivity index (χ2v) is 8.35. The highest BCUT2D eigenvalue weighted by Gasteiger charge is 2.25. The monoisotopic (exact) mass is 443 g/mol. The van der Waals surface area contributed by atoms with E-state index in [1.165, 1.54) is 17.0 Å². The number of likely N-dealkylation sites (N-methyl/N-ethyl adjacent to an activating group) is 1. The molecule has 3 N–H and O–H groups in total. The number of hydrogen-bond donors (Lipinski definition) is 3. The predicted molar refractivity (Wildman–Crippen MR) is 118 cm³/mol. The van der Waals surface area contributed by atoms with Crippen LogP contribution in [-0.4, -0.2) is 53.8 Å². The second kappa shape index (κ2) is 10.6. The minimum atomic E-state index is -0.781. The van der Waals surface area contributed by atoms with Crippen molar-refractivity contribution in [3.05, 3.63) is 59.7 Å². The molecule has 2 aromatic carbocycles. The smallest absolute Gasteiger partial charge is 0.408 e. The Kier molecular flexibility index (Phi) is 8.20. The molecule has 0 fully saturated rings. The van der Waals surface area contributed by atoms with Gasteiger partial charge in [0.05, 0.1) is 0 Å². The molecule has 0 aliphatic heterocycles. The van der Waals surface area contributed by atoms with E-state index in [1.54, 1.807) is 76.7 Å². The molecule has 2 aromatic rings. The maximum atomic E-state index is 12.5. The number of carbonyl (C=O) groups is 3. The third-order valence-corrected chi connectivity index (χ3v) is 4.25. The maximum absolute atomic E-state index is 12.5. The van der Waals surface area contributed by atoms with Crippen molar-refractivity contribution in [2.45, 2.75) is 38.8 Å². The summed E-state index contributed by atoms with van der Waals surface area (Å²) in [4.78, 5) is 37.5. The van der Waals surface area contributed by atoms with Crippen molar-refractivity contribution in [3.8, 4) is 11.5 Å². The van der Waals surface area contributed by atoms with Crippen molar-refractivity contribution >= 4 is 17.9 Å². The third-order valence-electron chi connectivity index (χ3n) is 4.25. The Labute approximate surface area is 187 Å². The number of nitrogens with one attached hydrogen (secondary N) is 2. The van der Waals surface area contributed by atoms with Crippen molar-refractivity contribution in [2.75, 3.05) is 14.1 Å². The topological polar surface area (TPSA) is 117 Å². The summed E-state index contributed by atoms with van der Waals surface area (Å²) in [6.07, 6.45) is -0.377. The van der Waals surface area contributed by atoms with E-state index >= 15 is 0 Å². The third kappa shape index (κ3) is 7.59. The molecule has 172 valence electrons. The van der Waals surface area contributed by atoms with Gasteiger partial charge in [0.25, 0.3) is 5.91 Å². The summed E-state index contributed by atoms with van der Waals surface area (Å²) < 4.78 is 11.0. The fourth-order valence-corrected chi connectivity index (χ4v) is 2.77. The summed E-state index contributed by atoms with van der Waals surface area (Å²) in [5.41, 5.74) is 2.02. The predicted octanol–water partition coefficient (Wildman–Crippen LogP) is 3.12. The fourth-order valence-electron chi connectivity index (χ4n) is 2.77. The standard InChI is InChI=1S/C23H29N3O6/c1-23(2,3)32-22(29)24-19(21(28)26(4)5)14-15-6-10-17(11-7-15)31-18-12-8-16(9-13-18)20(27)25-30/h6-13,19,30H,14H2,1-5H3,(H,24,29)(H,25,27)/t19-/m0/s1. The molecule has 0 aromatic heterocycles. The molecule has 0 aliphatic rings. The van der Waals surface area contributed by atoms with Gasteiger partial charge in [-0.2, -0.15) is 0 Å². The van der Waals surface area contributed by atoms with Crippen LogP contribution >= 0.6 is 0 Å². The summed E-state index contributed by atoms with van der Waals surface area (Å²) >= 11 is 0. The molecule has 0 saturated carbocycles. The Morgan fingerprint density at radius 3 is 1.97 bits per heavy atom. The minimum Gasteiger partial charge on any atom is -0.457 e. The van der Waals surface area contributed by atoms with Crippen molar-refractivity contribution in [1.29, 1.82) is 0 Å². The summed E-state index contributed by atoms with van der Waals surface area (Å²) in [6, 6.07) is 12.6. The lowest BCUT2D eigenvalue weighted by molar-refractivity contribution is -0.130. The SMILES string of the molecule is CN(C)C(=O)[C@H](Cc1ccc(Oc2ccc(C(=O)NO)cc2)cc1)NC(=O)OC(C)(C)C. The zero-order chi connectivity index (χ0) is 23.9. The van der Waals surface area contributed by atoms with Crippen LogP contribution in [-0.2, 0) is 16.0 Å². The molecule has 1 atom stereocenters. The Morgan fingerprint density at radius 1 is 0.969 bits per heavy atom. The zero-order valence-electron chi connectivity index (χ0n) is 18.8. The van der Waals surface area contributed by atoms with Gasteiger partial charge in [-0.15, -0.1) is 0 Å². The lowest BCUT2D eigenvalue weighted by Crippen LogP contribution is -2.48. The molecule has 0 heterocycles. The van der Waals surface area contributed by atoms with Gasteiger partial charge in [0.1, 0.15) is 23.1 Å². The van der Waals surface area contributed by atoms with Crippen molar-refractivity contribution < 1.29 is 29.1 Å². The van der Waals surface area contributed by atoms with Crippen LogP contribution in [0.2, 0.25) is 0 Å². The first-order valence-corrected chi connectivity index (χ1v) is 10.0. The second-order valence-electron chi connectivity index (χ2n) is 8.35. The quantitative estimate of drug-likeness (QED) is 0.447. The van der Waals surface area contributed by atoms with Crippen LogP contribution in [0.1, 0.15) is 36.7 Å². The van der Waals surface area contributed by atoms with Crippen LogP contribution in [0.15, 0.2) is 48.5 Å². The first kappa shape index (κ1) is 24.7. The molecule has 0 radical (unpaired) electrons. The van der Waals surface area contributed by atoms with Gasteiger partial charge >= 0.3 is 6.09 Å². The van der Waals surface area contributed by atoms with Gasteiger partial charge < -0.3 is 19.7 Å². The highest BCUT2D eigenvalue weighted by atomic mass is 16.6. The van der Waals surface area contributed by atoms with Crippen LogP contribution < -0.4 is 15.5 Å². The number of amides is 3. The summed E-state index contributed by atoms with van der Waals surface area (Å²) in [5.74, 6) is 0.217. The lowest BCUT2D eigenvalue weighted by atomic mass is 10.0. The Morgan fingerprint density at radius 2 is 1.50 bits per heavy atom. The molecular weight excluding hydrogens is 414 g/mol. The fraction of sp³-hybridized carbons (Fsp3) is 0.348. The number of hydroxylamine groups is 1. The Bertz CT molecular complexity index is 934. The number of ether oxygens (including phenoxy) is 2. The average Bonchev–Trinajstić information content (AvgIpc) is 2.72. The highest BCUT2D eigenvalue weighted by Crippen LogP contribution is 2.22. The van der Waals surface area contributed by atoms with E-state index in [9.17, 15) is 14.4 Å². The van der Waals surface area contributed by atoms with Crippen LogP contribution in [0.25, 0.3) is 0 Å². The molecule has 0 saturated heterocycles. The Balaban J connectivity index is 2.06. The number of hydrogen-bond acceptors (Lipinski definition) is 6. The van der Waals surface area contributed by atoms with Gasteiger partial charge in [-0.25, -0.2) is 10.3 Å². The highest BCUT2D eigenvalue weighted by molar-refractivity contribution is 5.93. The van der Waals surface area contributed by atoms with Gasteiger partial charge in [0.15, 0.2) is 0 Å².